The number of aliphatic hydroxyl groups excluding tert-OH is 1. The summed E-state index contributed by atoms with van der Waals surface area (Å²) >= 11 is 1.57. The molecular formula is C22H31ClN2O2S. The van der Waals surface area contributed by atoms with E-state index in [-0.39, 0.29) is 18.3 Å². The van der Waals surface area contributed by atoms with Crippen LogP contribution in [0.3, 0.4) is 0 Å². The van der Waals surface area contributed by atoms with Gasteiger partial charge in [-0.3, -0.25) is 4.79 Å². The number of aliphatic hydroxyl groups is 1. The highest BCUT2D eigenvalue weighted by Crippen LogP contribution is 2.25. The first-order valence-corrected chi connectivity index (χ1v) is 10.8. The molecule has 2 heterocycles. The number of carbonyl (C=O) groups excluding carboxylic acids is 1. The van der Waals surface area contributed by atoms with Crippen molar-refractivity contribution >= 4 is 29.7 Å². The summed E-state index contributed by atoms with van der Waals surface area (Å²) < 4.78 is 0. The van der Waals surface area contributed by atoms with E-state index in [2.05, 4.69) is 12.2 Å². The molecule has 2 aromatic rings. The van der Waals surface area contributed by atoms with Crippen molar-refractivity contribution in [3.8, 4) is 0 Å². The number of rotatable bonds is 8. The molecule has 1 aromatic heterocycles. The lowest BCUT2D eigenvalue weighted by atomic mass is 9.85. The van der Waals surface area contributed by atoms with Crippen molar-refractivity contribution in [3.05, 3.63) is 58.3 Å². The average molecular weight is 423 g/mol. The minimum Gasteiger partial charge on any atom is -0.387 e. The highest BCUT2D eigenvalue weighted by atomic mass is 35.5. The van der Waals surface area contributed by atoms with Crippen molar-refractivity contribution < 1.29 is 9.90 Å². The van der Waals surface area contributed by atoms with E-state index in [1.54, 1.807) is 11.3 Å². The van der Waals surface area contributed by atoms with Crippen LogP contribution in [0.4, 0.5) is 0 Å². The highest BCUT2D eigenvalue weighted by molar-refractivity contribution is 7.07. The molecule has 6 heteroatoms. The average Bonchev–Trinajstić information content (AvgIpc) is 3.24. The second-order valence-corrected chi connectivity index (χ2v) is 8.40. The first kappa shape index (κ1) is 22.9. The molecule has 0 saturated carbocycles. The number of halogens is 1. The van der Waals surface area contributed by atoms with Crippen molar-refractivity contribution in [1.29, 1.82) is 0 Å². The van der Waals surface area contributed by atoms with Crippen LogP contribution in [0.15, 0.2) is 47.2 Å². The maximum Gasteiger partial charge on any atom is 0.223 e. The fourth-order valence-corrected chi connectivity index (χ4v) is 4.48. The Morgan fingerprint density at radius 3 is 2.75 bits per heavy atom. The molecule has 3 rings (SSSR count). The molecule has 3 atom stereocenters. The van der Waals surface area contributed by atoms with Gasteiger partial charge in [0.2, 0.25) is 5.91 Å². The van der Waals surface area contributed by atoms with Gasteiger partial charge in [0.1, 0.15) is 0 Å². The number of nitrogens with one attached hydrogen (secondary N) is 1. The molecule has 1 aliphatic rings. The first-order chi connectivity index (χ1) is 13.1. The smallest absolute Gasteiger partial charge is 0.223 e. The van der Waals surface area contributed by atoms with Crippen LogP contribution in [0.25, 0.3) is 0 Å². The topological polar surface area (TPSA) is 52.6 Å². The molecule has 1 saturated heterocycles. The monoisotopic (exact) mass is 422 g/mol. The molecule has 1 fully saturated rings. The van der Waals surface area contributed by atoms with Gasteiger partial charge in [-0.25, -0.2) is 0 Å². The van der Waals surface area contributed by atoms with Crippen LogP contribution in [0.5, 0.6) is 0 Å². The lowest BCUT2D eigenvalue weighted by Crippen LogP contribution is -2.38. The Hall–Kier alpha value is -1.40. The minimum absolute atomic E-state index is 0. The summed E-state index contributed by atoms with van der Waals surface area (Å²) in [7, 11) is 0. The van der Waals surface area contributed by atoms with Gasteiger partial charge in [0, 0.05) is 13.0 Å². The zero-order valence-electron chi connectivity index (χ0n) is 16.4. The molecule has 154 valence electrons. The molecule has 1 amide bonds. The number of benzene rings is 1. The Labute approximate surface area is 178 Å². The third-order valence-corrected chi connectivity index (χ3v) is 6.23. The quantitative estimate of drug-likeness (QED) is 0.668. The normalized spacial score (nSPS) is 18.7. The van der Waals surface area contributed by atoms with Crippen molar-refractivity contribution in [3.63, 3.8) is 0 Å². The number of hydrogen-bond acceptors (Lipinski definition) is 4. The first-order valence-electron chi connectivity index (χ1n) is 9.86. The summed E-state index contributed by atoms with van der Waals surface area (Å²) in [5.74, 6) is 1.04. The largest absolute Gasteiger partial charge is 0.387 e. The molecular weight excluding hydrogens is 392 g/mol. The number of nitrogens with zero attached hydrogens (tertiary/aromatic N) is 1. The maximum atomic E-state index is 13.1. The van der Waals surface area contributed by atoms with Crippen molar-refractivity contribution in [1.82, 2.24) is 10.2 Å². The highest BCUT2D eigenvalue weighted by Gasteiger charge is 2.26. The molecule has 3 unspecified atom stereocenters. The van der Waals surface area contributed by atoms with Crippen LogP contribution in [-0.2, 0) is 11.3 Å². The van der Waals surface area contributed by atoms with E-state index in [1.165, 1.54) is 12.8 Å². The second kappa shape index (κ2) is 11.6. The standard InChI is InChI=1S/C22H30N2O2S.ClH/c1-17(19-8-5-10-23-13-19)12-22(26)24(14-18-6-3-2-4-7-18)15-21(25)20-9-11-27-16-20;/h2-4,6-7,9,11,16-17,19,21,23,25H,5,8,10,12-15H2,1H3;1H. The van der Waals surface area contributed by atoms with Crippen molar-refractivity contribution in [2.45, 2.75) is 38.8 Å². The zero-order valence-corrected chi connectivity index (χ0v) is 18.1. The van der Waals surface area contributed by atoms with Crippen LogP contribution >= 0.6 is 23.7 Å². The Morgan fingerprint density at radius 1 is 1.32 bits per heavy atom. The van der Waals surface area contributed by atoms with Crippen LogP contribution in [0.2, 0.25) is 0 Å². The van der Waals surface area contributed by atoms with Gasteiger partial charge >= 0.3 is 0 Å². The van der Waals surface area contributed by atoms with Gasteiger partial charge in [-0.15, -0.1) is 12.4 Å². The van der Waals surface area contributed by atoms with Crippen LogP contribution < -0.4 is 5.32 Å². The predicted octanol–water partition coefficient (Wildman–Crippen LogP) is 4.26. The van der Waals surface area contributed by atoms with Gasteiger partial charge in [-0.1, -0.05) is 37.3 Å². The van der Waals surface area contributed by atoms with Gasteiger partial charge in [0.15, 0.2) is 0 Å². The van der Waals surface area contributed by atoms with Gasteiger partial charge in [-0.2, -0.15) is 11.3 Å². The summed E-state index contributed by atoms with van der Waals surface area (Å²) in [6.07, 6.45) is 2.27. The van der Waals surface area contributed by atoms with E-state index in [9.17, 15) is 9.90 Å². The van der Waals surface area contributed by atoms with E-state index in [0.717, 1.165) is 24.2 Å². The van der Waals surface area contributed by atoms with E-state index in [4.69, 9.17) is 0 Å². The fourth-order valence-electron chi connectivity index (χ4n) is 3.77. The zero-order chi connectivity index (χ0) is 19.1. The lowest BCUT2D eigenvalue weighted by molar-refractivity contribution is -0.134. The molecule has 0 aliphatic carbocycles. The van der Waals surface area contributed by atoms with Gasteiger partial charge in [0.05, 0.1) is 12.6 Å². The number of hydrogen-bond donors (Lipinski definition) is 2. The molecule has 4 nitrogen and oxygen atoms in total. The predicted molar refractivity (Wildman–Crippen MR) is 118 cm³/mol. The van der Waals surface area contributed by atoms with Crippen molar-refractivity contribution in [2.75, 3.05) is 19.6 Å². The molecule has 0 bridgehead atoms. The fraction of sp³-hybridized carbons (Fsp3) is 0.500. The summed E-state index contributed by atoms with van der Waals surface area (Å²) in [5, 5.41) is 17.9. The maximum absolute atomic E-state index is 13.1. The van der Waals surface area contributed by atoms with Crippen LogP contribution in [0.1, 0.15) is 43.4 Å². The molecule has 0 spiro atoms. The minimum atomic E-state index is -0.643. The van der Waals surface area contributed by atoms with E-state index < -0.39 is 6.10 Å². The Bertz CT molecular complexity index is 690. The Balaban J connectivity index is 0.00000280. The summed E-state index contributed by atoms with van der Waals surface area (Å²) in [5.41, 5.74) is 1.98. The van der Waals surface area contributed by atoms with Gasteiger partial charge in [0.25, 0.3) is 0 Å². The van der Waals surface area contributed by atoms with Gasteiger partial charge < -0.3 is 15.3 Å². The van der Waals surface area contributed by atoms with E-state index in [0.29, 0.717) is 31.3 Å². The van der Waals surface area contributed by atoms with Gasteiger partial charge in [-0.05, 0) is 65.7 Å². The SMILES string of the molecule is CC(CC(=O)N(Cc1ccccc1)CC(O)c1ccsc1)C1CCCNC1.Cl. The van der Waals surface area contributed by atoms with Crippen LogP contribution in [0, 0.1) is 11.8 Å². The Kier molecular flexibility index (Phi) is 9.45. The number of piperidine rings is 1. The summed E-state index contributed by atoms with van der Waals surface area (Å²) in [6, 6.07) is 12.0. The van der Waals surface area contributed by atoms with Crippen molar-refractivity contribution in [2.24, 2.45) is 11.8 Å². The van der Waals surface area contributed by atoms with Crippen LogP contribution in [-0.4, -0.2) is 35.5 Å². The Morgan fingerprint density at radius 2 is 2.11 bits per heavy atom. The molecule has 2 N–H and O–H groups in total. The number of amides is 1. The molecule has 1 aliphatic heterocycles. The third-order valence-electron chi connectivity index (χ3n) is 5.53. The molecule has 28 heavy (non-hydrogen) atoms. The molecule has 1 aromatic carbocycles. The van der Waals surface area contributed by atoms with E-state index in [1.807, 2.05) is 52.1 Å². The summed E-state index contributed by atoms with van der Waals surface area (Å²) in [4.78, 5) is 14.9. The van der Waals surface area contributed by atoms with E-state index >= 15 is 0 Å². The third kappa shape index (κ3) is 6.59. The summed E-state index contributed by atoms with van der Waals surface area (Å²) in [6.45, 7) is 5.15. The molecule has 0 radical (unpaired) electrons. The number of carbonyl (C=O) groups is 1. The lowest BCUT2D eigenvalue weighted by Gasteiger charge is -2.31. The number of thiophene rings is 1. The second-order valence-electron chi connectivity index (χ2n) is 7.62.